The SMILES string of the molecule is CCC1CNC(C)(C)CN1c1ccc2sccc2c1. The highest BCUT2D eigenvalue weighted by atomic mass is 32.1. The van der Waals surface area contributed by atoms with Gasteiger partial charge in [0.1, 0.15) is 0 Å². The Labute approximate surface area is 119 Å². The van der Waals surface area contributed by atoms with Crippen LogP contribution in [0.3, 0.4) is 0 Å². The Morgan fingerprint density at radius 1 is 1.37 bits per heavy atom. The second kappa shape index (κ2) is 4.80. The molecule has 1 aliphatic heterocycles. The molecule has 1 aliphatic rings. The summed E-state index contributed by atoms with van der Waals surface area (Å²) < 4.78 is 1.38. The molecule has 0 aliphatic carbocycles. The van der Waals surface area contributed by atoms with Crippen LogP contribution >= 0.6 is 11.3 Å². The summed E-state index contributed by atoms with van der Waals surface area (Å²) in [6.45, 7) is 9.00. The van der Waals surface area contributed by atoms with Crippen LogP contribution in [0, 0.1) is 0 Å². The van der Waals surface area contributed by atoms with Crippen LogP contribution in [0.4, 0.5) is 5.69 Å². The fourth-order valence-electron chi connectivity index (χ4n) is 2.91. The summed E-state index contributed by atoms with van der Waals surface area (Å²) >= 11 is 1.82. The van der Waals surface area contributed by atoms with E-state index in [-0.39, 0.29) is 5.54 Å². The van der Waals surface area contributed by atoms with Crippen molar-refractivity contribution in [2.24, 2.45) is 0 Å². The quantitative estimate of drug-likeness (QED) is 0.894. The predicted molar refractivity (Wildman–Crippen MR) is 85.3 cm³/mol. The molecule has 1 unspecified atom stereocenters. The molecule has 0 radical (unpaired) electrons. The highest BCUT2D eigenvalue weighted by Gasteiger charge is 2.31. The topological polar surface area (TPSA) is 15.3 Å². The molecule has 2 heterocycles. The first kappa shape index (κ1) is 12.9. The Morgan fingerprint density at radius 2 is 2.21 bits per heavy atom. The number of benzene rings is 1. The van der Waals surface area contributed by atoms with Crippen molar-refractivity contribution in [3.8, 4) is 0 Å². The van der Waals surface area contributed by atoms with Gasteiger partial charge in [-0.1, -0.05) is 6.92 Å². The van der Waals surface area contributed by atoms with E-state index in [4.69, 9.17) is 0 Å². The molecule has 1 atom stereocenters. The zero-order valence-electron chi connectivity index (χ0n) is 11.9. The third-order valence-corrected chi connectivity index (χ3v) is 4.96. The van der Waals surface area contributed by atoms with Crippen LogP contribution in [0.25, 0.3) is 10.1 Å². The Bertz CT molecular complexity index is 573. The molecule has 0 saturated carbocycles. The van der Waals surface area contributed by atoms with Crippen molar-refractivity contribution in [3.05, 3.63) is 29.6 Å². The second-order valence-corrected chi connectivity index (χ2v) is 7.05. The average molecular weight is 274 g/mol. The number of hydrogen-bond acceptors (Lipinski definition) is 3. The van der Waals surface area contributed by atoms with Crippen LogP contribution in [0.15, 0.2) is 29.6 Å². The summed E-state index contributed by atoms with van der Waals surface area (Å²) in [5.74, 6) is 0. The van der Waals surface area contributed by atoms with Crippen molar-refractivity contribution in [1.29, 1.82) is 0 Å². The van der Waals surface area contributed by atoms with Crippen LogP contribution in [-0.4, -0.2) is 24.7 Å². The summed E-state index contributed by atoms with van der Waals surface area (Å²) in [6, 6.07) is 9.71. The van der Waals surface area contributed by atoms with E-state index in [0.29, 0.717) is 6.04 Å². The summed E-state index contributed by atoms with van der Waals surface area (Å²) in [5, 5.41) is 7.19. The maximum atomic E-state index is 3.65. The van der Waals surface area contributed by atoms with Gasteiger partial charge < -0.3 is 10.2 Å². The molecule has 1 N–H and O–H groups in total. The molecule has 1 fully saturated rings. The molecule has 1 aromatic heterocycles. The summed E-state index contributed by atoms with van der Waals surface area (Å²) in [6.07, 6.45) is 1.19. The third-order valence-electron chi connectivity index (χ3n) is 4.06. The molecular weight excluding hydrogens is 252 g/mol. The van der Waals surface area contributed by atoms with Gasteiger partial charge in [0.2, 0.25) is 0 Å². The number of nitrogens with one attached hydrogen (secondary N) is 1. The standard InChI is InChI=1S/C16H22N2S/c1-4-13-10-17-16(2,3)11-18(13)14-5-6-15-12(9-14)7-8-19-15/h5-9,13,17H,4,10-11H2,1-3H3. The first-order chi connectivity index (χ1) is 9.09. The minimum Gasteiger partial charge on any atom is -0.365 e. The Morgan fingerprint density at radius 3 is 3.00 bits per heavy atom. The van der Waals surface area contributed by atoms with Gasteiger partial charge in [0.05, 0.1) is 0 Å². The summed E-state index contributed by atoms with van der Waals surface area (Å²) in [4.78, 5) is 2.58. The van der Waals surface area contributed by atoms with Crippen molar-refractivity contribution < 1.29 is 0 Å². The van der Waals surface area contributed by atoms with Crippen LogP contribution in [0.2, 0.25) is 0 Å². The van der Waals surface area contributed by atoms with Gasteiger partial charge in [-0.25, -0.2) is 0 Å². The molecule has 2 aromatic rings. The molecule has 0 amide bonds. The first-order valence-electron chi connectivity index (χ1n) is 7.08. The molecule has 102 valence electrons. The van der Waals surface area contributed by atoms with Crippen molar-refractivity contribution >= 4 is 27.1 Å². The largest absolute Gasteiger partial charge is 0.365 e. The number of hydrogen-bond donors (Lipinski definition) is 1. The third kappa shape index (κ3) is 2.49. The maximum Gasteiger partial charge on any atom is 0.0412 e. The number of fused-ring (bicyclic) bond motifs is 1. The summed E-state index contributed by atoms with van der Waals surface area (Å²) in [5.41, 5.74) is 1.56. The van der Waals surface area contributed by atoms with E-state index in [1.807, 2.05) is 11.3 Å². The lowest BCUT2D eigenvalue weighted by molar-refractivity contribution is 0.306. The maximum absolute atomic E-state index is 3.65. The lowest BCUT2D eigenvalue weighted by Gasteiger charge is -2.45. The van der Waals surface area contributed by atoms with E-state index >= 15 is 0 Å². The van der Waals surface area contributed by atoms with E-state index in [1.54, 1.807) is 0 Å². The van der Waals surface area contributed by atoms with Crippen LogP contribution in [0.1, 0.15) is 27.2 Å². The monoisotopic (exact) mass is 274 g/mol. The Balaban J connectivity index is 1.96. The van der Waals surface area contributed by atoms with E-state index in [1.165, 1.54) is 22.2 Å². The lowest BCUT2D eigenvalue weighted by atomic mass is 9.96. The number of thiophene rings is 1. The number of nitrogens with zero attached hydrogens (tertiary/aromatic N) is 1. The molecular formula is C16H22N2S. The Hall–Kier alpha value is -1.06. The van der Waals surface area contributed by atoms with Gasteiger partial charge in [-0.2, -0.15) is 0 Å². The van der Waals surface area contributed by atoms with Crippen LogP contribution in [0.5, 0.6) is 0 Å². The zero-order valence-corrected chi connectivity index (χ0v) is 12.8. The average Bonchev–Trinajstić information content (AvgIpc) is 2.85. The lowest BCUT2D eigenvalue weighted by Crippen LogP contribution is -2.61. The van der Waals surface area contributed by atoms with E-state index in [0.717, 1.165) is 13.1 Å². The van der Waals surface area contributed by atoms with Gasteiger partial charge in [-0.15, -0.1) is 11.3 Å². The van der Waals surface area contributed by atoms with Gasteiger partial charge in [-0.05, 0) is 55.3 Å². The molecule has 3 heteroatoms. The van der Waals surface area contributed by atoms with Gasteiger partial charge in [-0.3, -0.25) is 0 Å². The zero-order chi connectivity index (χ0) is 13.5. The van der Waals surface area contributed by atoms with E-state index < -0.39 is 0 Å². The molecule has 1 aromatic carbocycles. The van der Waals surface area contributed by atoms with Gasteiger partial charge in [0.15, 0.2) is 0 Å². The first-order valence-corrected chi connectivity index (χ1v) is 7.96. The molecule has 0 spiro atoms. The molecule has 19 heavy (non-hydrogen) atoms. The van der Waals surface area contributed by atoms with Crippen LogP contribution < -0.4 is 10.2 Å². The smallest absolute Gasteiger partial charge is 0.0412 e. The van der Waals surface area contributed by atoms with Crippen molar-refractivity contribution in [1.82, 2.24) is 5.32 Å². The fourth-order valence-corrected chi connectivity index (χ4v) is 3.69. The normalized spacial score (nSPS) is 22.9. The molecule has 3 rings (SSSR count). The number of anilines is 1. The van der Waals surface area contributed by atoms with Crippen molar-refractivity contribution in [3.63, 3.8) is 0 Å². The van der Waals surface area contributed by atoms with Crippen molar-refractivity contribution in [2.45, 2.75) is 38.8 Å². The molecule has 1 saturated heterocycles. The van der Waals surface area contributed by atoms with Gasteiger partial charge in [0, 0.05) is 35.1 Å². The molecule has 2 nitrogen and oxygen atoms in total. The van der Waals surface area contributed by atoms with Crippen LogP contribution in [-0.2, 0) is 0 Å². The number of rotatable bonds is 2. The predicted octanol–water partition coefficient (Wildman–Crippen LogP) is 3.87. The highest BCUT2D eigenvalue weighted by Crippen LogP contribution is 2.30. The minimum absolute atomic E-state index is 0.190. The van der Waals surface area contributed by atoms with Gasteiger partial charge >= 0.3 is 0 Å². The fraction of sp³-hybridized carbons (Fsp3) is 0.500. The summed E-state index contributed by atoms with van der Waals surface area (Å²) in [7, 11) is 0. The number of piperazine rings is 1. The Kier molecular flexibility index (Phi) is 3.27. The van der Waals surface area contributed by atoms with Gasteiger partial charge in [0.25, 0.3) is 0 Å². The van der Waals surface area contributed by atoms with Crippen molar-refractivity contribution in [2.75, 3.05) is 18.0 Å². The van der Waals surface area contributed by atoms with E-state index in [9.17, 15) is 0 Å². The second-order valence-electron chi connectivity index (χ2n) is 6.10. The highest BCUT2D eigenvalue weighted by molar-refractivity contribution is 7.17. The minimum atomic E-state index is 0.190. The molecule has 0 bridgehead atoms. The van der Waals surface area contributed by atoms with E-state index in [2.05, 4.69) is 60.6 Å².